The van der Waals surface area contributed by atoms with Crippen molar-refractivity contribution in [1.29, 1.82) is 0 Å². The number of hydrogen-bond acceptors (Lipinski definition) is 8. The standard InChI is InChI=1S/C20H20N4O6S/c25-24(26)17-10-4-5-11-18(17)31(27,28)23-12-6-7-15(13-23)20-22-21-19(30-20)14-29-16-8-2-1-3-9-16/h1-5,8-11,15H,6-7,12-14H2. The molecule has 31 heavy (non-hydrogen) atoms. The molecule has 1 fully saturated rings. The summed E-state index contributed by atoms with van der Waals surface area (Å²) in [5.74, 6) is 0.984. The number of piperidine rings is 1. The Morgan fingerprint density at radius 2 is 1.87 bits per heavy atom. The first-order valence-electron chi connectivity index (χ1n) is 9.69. The minimum Gasteiger partial charge on any atom is -0.484 e. The number of hydrogen-bond donors (Lipinski definition) is 0. The van der Waals surface area contributed by atoms with E-state index < -0.39 is 20.6 Å². The minimum atomic E-state index is -4.04. The zero-order valence-electron chi connectivity index (χ0n) is 16.5. The summed E-state index contributed by atoms with van der Waals surface area (Å²) in [6, 6.07) is 14.5. The van der Waals surface area contributed by atoms with E-state index in [0.717, 1.165) is 0 Å². The van der Waals surface area contributed by atoms with Gasteiger partial charge < -0.3 is 9.15 Å². The number of rotatable bonds is 7. The zero-order chi connectivity index (χ0) is 21.8. The number of sulfonamides is 1. The molecule has 10 nitrogen and oxygen atoms in total. The van der Waals surface area contributed by atoms with Gasteiger partial charge in [0.1, 0.15) is 5.75 Å². The zero-order valence-corrected chi connectivity index (χ0v) is 17.3. The van der Waals surface area contributed by atoms with Gasteiger partial charge in [-0.05, 0) is 31.0 Å². The third-order valence-corrected chi connectivity index (χ3v) is 6.91. The maximum atomic E-state index is 13.1. The van der Waals surface area contributed by atoms with Gasteiger partial charge in [0.15, 0.2) is 11.5 Å². The molecule has 1 aromatic heterocycles. The van der Waals surface area contributed by atoms with Crippen LogP contribution in [0.1, 0.15) is 30.5 Å². The van der Waals surface area contributed by atoms with Gasteiger partial charge in [-0.1, -0.05) is 30.3 Å². The molecule has 1 atom stereocenters. The highest BCUT2D eigenvalue weighted by molar-refractivity contribution is 7.89. The molecule has 0 bridgehead atoms. The van der Waals surface area contributed by atoms with Crippen LogP contribution in [-0.2, 0) is 16.6 Å². The van der Waals surface area contributed by atoms with E-state index in [-0.39, 0.29) is 36.4 Å². The predicted molar refractivity (Wildman–Crippen MR) is 109 cm³/mol. The number of nitrogens with zero attached hydrogens (tertiary/aromatic N) is 4. The van der Waals surface area contributed by atoms with Crippen LogP contribution < -0.4 is 4.74 Å². The van der Waals surface area contributed by atoms with Gasteiger partial charge in [0.25, 0.3) is 11.6 Å². The average molecular weight is 444 g/mol. The van der Waals surface area contributed by atoms with Gasteiger partial charge in [-0.3, -0.25) is 10.1 Å². The Labute approximate surface area is 178 Å². The van der Waals surface area contributed by atoms with Crippen molar-refractivity contribution in [2.24, 2.45) is 0 Å². The number of benzene rings is 2. The average Bonchev–Trinajstić information content (AvgIpc) is 3.28. The Bertz CT molecular complexity index is 1170. The number of aromatic nitrogens is 2. The maximum Gasteiger partial charge on any atom is 0.289 e. The fourth-order valence-corrected chi connectivity index (χ4v) is 5.16. The second kappa shape index (κ2) is 8.82. The van der Waals surface area contributed by atoms with Gasteiger partial charge in [0.2, 0.25) is 15.9 Å². The first kappa shape index (κ1) is 20.9. The molecule has 2 aromatic carbocycles. The third-order valence-electron chi connectivity index (χ3n) is 5.00. The van der Waals surface area contributed by atoms with Crippen LogP contribution in [0.25, 0.3) is 0 Å². The van der Waals surface area contributed by atoms with Crippen molar-refractivity contribution in [3.8, 4) is 5.75 Å². The third kappa shape index (κ3) is 4.57. The Morgan fingerprint density at radius 3 is 2.65 bits per heavy atom. The Morgan fingerprint density at radius 1 is 1.13 bits per heavy atom. The molecule has 0 N–H and O–H groups in total. The first-order valence-corrected chi connectivity index (χ1v) is 11.1. The summed E-state index contributed by atoms with van der Waals surface area (Å²) in [5.41, 5.74) is -0.442. The molecule has 0 aliphatic carbocycles. The molecule has 1 unspecified atom stereocenters. The fraction of sp³-hybridized carbons (Fsp3) is 0.300. The van der Waals surface area contributed by atoms with E-state index in [1.165, 1.54) is 28.6 Å². The van der Waals surface area contributed by atoms with E-state index in [2.05, 4.69) is 10.2 Å². The van der Waals surface area contributed by atoms with Gasteiger partial charge in [-0.2, -0.15) is 4.31 Å². The van der Waals surface area contributed by atoms with Crippen molar-refractivity contribution in [2.45, 2.75) is 30.3 Å². The highest BCUT2D eigenvalue weighted by Gasteiger charge is 2.36. The molecule has 0 radical (unpaired) electrons. The Kier molecular flexibility index (Phi) is 5.96. The molecular weight excluding hydrogens is 424 g/mol. The second-order valence-electron chi connectivity index (χ2n) is 7.06. The van der Waals surface area contributed by atoms with Crippen LogP contribution in [-0.4, -0.2) is 40.9 Å². The summed E-state index contributed by atoms with van der Waals surface area (Å²) in [5, 5.41) is 19.3. The summed E-state index contributed by atoms with van der Waals surface area (Å²) in [6.45, 7) is 0.473. The van der Waals surface area contributed by atoms with Gasteiger partial charge in [0, 0.05) is 19.2 Å². The highest BCUT2D eigenvalue weighted by Crippen LogP contribution is 2.32. The van der Waals surface area contributed by atoms with Crippen LogP contribution in [0, 0.1) is 10.1 Å². The van der Waals surface area contributed by atoms with E-state index in [4.69, 9.17) is 9.15 Å². The van der Waals surface area contributed by atoms with E-state index in [0.29, 0.717) is 24.5 Å². The quantitative estimate of drug-likeness (QED) is 0.401. The molecule has 2 heterocycles. The van der Waals surface area contributed by atoms with Gasteiger partial charge in [-0.15, -0.1) is 10.2 Å². The van der Waals surface area contributed by atoms with E-state index >= 15 is 0 Å². The van der Waals surface area contributed by atoms with Crippen LogP contribution in [0.5, 0.6) is 5.75 Å². The Balaban J connectivity index is 1.48. The Hall–Kier alpha value is -3.31. The lowest BCUT2D eigenvalue weighted by Crippen LogP contribution is -2.39. The number of nitro groups is 1. The van der Waals surface area contributed by atoms with Crippen molar-refractivity contribution in [3.05, 3.63) is 76.5 Å². The summed E-state index contributed by atoms with van der Waals surface area (Å²) >= 11 is 0. The van der Waals surface area contributed by atoms with Crippen LogP contribution in [0.15, 0.2) is 63.9 Å². The van der Waals surface area contributed by atoms with Gasteiger partial charge >= 0.3 is 0 Å². The lowest BCUT2D eigenvalue weighted by molar-refractivity contribution is -0.387. The van der Waals surface area contributed by atoms with Crippen LogP contribution >= 0.6 is 0 Å². The number of ether oxygens (including phenoxy) is 1. The molecule has 1 saturated heterocycles. The smallest absolute Gasteiger partial charge is 0.289 e. The molecule has 4 rings (SSSR count). The SMILES string of the molecule is O=[N+]([O-])c1ccccc1S(=O)(=O)N1CCCC(c2nnc(COc3ccccc3)o2)C1. The van der Waals surface area contributed by atoms with Crippen LogP contribution in [0.4, 0.5) is 5.69 Å². The maximum absolute atomic E-state index is 13.1. The molecule has 1 aliphatic rings. The van der Waals surface area contributed by atoms with Crippen molar-refractivity contribution >= 4 is 15.7 Å². The van der Waals surface area contributed by atoms with Crippen molar-refractivity contribution in [1.82, 2.24) is 14.5 Å². The van der Waals surface area contributed by atoms with Crippen molar-refractivity contribution in [2.75, 3.05) is 13.1 Å². The molecular formula is C20H20N4O6S. The molecule has 0 spiro atoms. The van der Waals surface area contributed by atoms with Gasteiger partial charge in [-0.25, -0.2) is 8.42 Å². The fourth-order valence-electron chi connectivity index (χ4n) is 3.48. The molecule has 1 aliphatic heterocycles. The summed E-state index contributed by atoms with van der Waals surface area (Å²) in [7, 11) is -4.04. The molecule has 0 amide bonds. The van der Waals surface area contributed by atoms with Gasteiger partial charge in [0.05, 0.1) is 10.8 Å². The van der Waals surface area contributed by atoms with E-state index in [1.54, 1.807) is 0 Å². The summed E-state index contributed by atoms with van der Waals surface area (Å²) < 4.78 is 38.7. The second-order valence-corrected chi connectivity index (χ2v) is 8.97. The van der Waals surface area contributed by atoms with Crippen LogP contribution in [0.3, 0.4) is 0 Å². The number of nitro benzene ring substituents is 1. The molecule has 3 aromatic rings. The molecule has 11 heteroatoms. The normalized spacial score (nSPS) is 17.4. The monoisotopic (exact) mass is 444 g/mol. The minimum absolute atomic E-state index is 0.0992. The molecule has 0 saturated carbocycles. The largest absolute Gasteiger partial charge is 0.484 e. The van der Waals surface area contributed by atoms with E-state index in [9.17, 15) is 18.5 Å². The molecule has 162 valence electrons. The topological polar surface area (TPSA) is 129 Å². The lowest BCUT2D eigenvalue weighted by atomic mass is 10.00. The predicted octanol–water partition coefficient (Wildman–Crippen LogP) is 3.13. The first-order chi connectivity index (χ1) is 14.9. The lowest BCUT2D eigenvalue weighted by Gasteiger charge is -2.30. The number of para-hydroxylation sites is 2. The van der Waals surface area contributed by atoms with Crippen LogP contribution in [0.2, 0.25) is 0 Å². The summed E-state index contributed by atoms with van der Waals surface area (Å²) in [6.07, 6.45) is 1.24. The summed E-state index contributed by atoms with van der Waals surface area (Å²) in [4.78, 5) is 10.3. The van der Waals surface area contributed by atoms with Crippen molar-refractivity contribution < 1.29 is 22.5 Å². The van der Waals surface area contributed by atoms with E-state index in [1.807, 2.05) is 30.3 Å². The van der Waals surface area contributed by atoms with Crippen molar-refractivity contribution in [3.63, 3.8) is 0 Å². The highest BCUT2D eigenvalue weighted by atomic mass is 32.2.